The van der Waals surface area contributed by atoms with E-state index >= 15 is 0 Å². The van der Waals surface area contributed by atoms with E-state index in [9.17, 15) is 8.42 Å². The van der Waals surface area contributed by atoms with Crippen LogP contribution < -0.4 is 15.8 Å². The molecule has 2 rings (SSSR count). The van der Waals surface area contributed by atoms with Gasteiger partial charge in [0.2, 0.25) is 10.0 Å². The van der Waals surface area contributed by atoms with Gasteiger partial charge in [0.25, 0.3) is 0 Å². The van der Waals surface area contributed by atoms with Crippen LogP contribution in [0.4, 0.5) is 0 Å². The Labute approximate surface area is 161 Å². The van der Waals surface area contributed by atoms with Crippen LogP contribution in [-0.2, 0) is 23.1 Å². The van der Waals surface area contributed by atoms with Crippen molar-refractivity contribution < 1.29 is 8.42 Å². The molecule has 0 atom stereocenters. The van der Waals surface area contributed by atoms with Gasteiger partial charge < -0.3 is 10.6 Å². The number of guanidine groups is 1. The van der Waals surface area contributed by atoms with E-state index in [1.165, 1.54) is 16.5 Å². The Kier molecular flexibility index (Phi) is 7.94. The van der Waals surface area contributed by atoms with Gasteiger partial charge in [0, 0.05) is 16.8 Å². The van der Waals surface area contributed by atoms with Gasteiger partial charge >= 0.3 is 0 Å². The molecule has 2 heterocycles. The zero-order valence-corrected chi connectivity index (χ0v) is 17.5. The molecule has 0 bridgehead atoms. The van der Waals surface area contributed by atoms with Crippen molar-refractivity contribution in [3.8, 4) is 0 Å². The molecule has 2 aromatic heterocycles. The highest BCUT2D eigenvalue weighted by atomic mass is 127. The fraction of sp³-hybridized carbons (Fsp3) is 0.308. The molecule has 6 nitrogen and oxygen atoms in total. The Morgan fingerprint density at radius 1 is 1.26 bits per heavy atom. The fourth-order valence-electron chi connectivity index (χ4n) is 1.75. The number of aliphatic imine (C=N–C) groups is 1. The second kappa shape index (κ2) is 8.97. The summed E-state index contributed by atoms with van der Waals surface area (Å²) in [7, 11) is -1.93. The second-order valence-corrected chi connectivity index (χ2v) is 8.53. The number of thiophene rings is 2. The fourth-order valence-corrected chi connectivity index (χ4v) is 4.31. The van der Waals surface area contributed by atoms with E-state index in [4.69, 9.17) is 5.14 Å². The predicted molar refractivity (Wildman–Crippen MR) is 107 cm³/mol. The maximum atomic E-state index is 11.2. The van der Waals surface area contributed by atoms with Gasteiger partial charge in [-0.1, -0.05) is 0 Å². The van der Waals surface area contributed by atoms with Crippen LogP contribution >= 0.6 is 46.7 Å². The van der Waals surface area contributed by atoms with Crippen molar-refractivity contribution in [3.63, 3.8) is 0 Å². The van der Waals surface area contributed by atoms with Gasteiger partial charge in [-0.05, 0) is 36.1 Å². The van der Waals surface area contributed by atoms with Crippen molar-refractivity contribution in [1.29, 1.82) is 0 Å². The van der Waals surface area contributed by atoms with Crippen LogP contribution in [0.5, 0.6) is 0 Å². The first-order valence-corrected chi connectivity index (χ1v) is 9.73. The van der Waals surface area contributed by atoms with Crippen LogP contribution in [0.25, 0.3) is 0 Å². The summed E-state index contributed by atoms with van der Waals surface area (Å²) in [6.07, 6.45) is 0. The summed E-state index contributed by atoms with van der Waals surface area (Å²) < 4.78 is 22.6. The summed E-state index contributed by atoms with van der Waals surface area (Å²) in [4.78, 5) is 6.28. The van der Waals surface area contributed by atoms with Crippen molar-refractivity contribution in [2.24, 2.45) is 10.1 Å². The molecule has 0 saturated carbocycles. The lowest BCUT2D eigenvalue weighted by Crippen LogP contribution is -2.36. The van der Waals surface area contributed by atoms with E-state index in [1.54, 1.807) is 24.5 Å². The maximum Gasteiger partial charge on any atom is 0.247 e. The number of halogens is 1. The first-order chi connectivity index (χ1) is 10.4. The van der Waals surface area contributed by atoms with Crippen LogP contribution in [0.1, 0.15) is 15.3 Å². The van der Waals surface area contributed by atoms with Crippen molar-refractivity contribution in [1.82, 2.24) is 10.6 Å². The highest BCUT2D eigenvalue weighted by Crippen LogP contribution is 2.20. The van der Waals surface area contributed by atoms with E-state index in [2.05, 4.69) is 34.0 Å². The molecule has 0 amide bonds. The van der Waals surface area contributed by atoms with Crippen molar-refractivity contribution in [2.75, 3.05) is 7.05 Å². The minimum absolute atomic E-state index is 0. The summed E-state index contributed by atoms with van der Waals surface area (Å²) in [5.74, 6) is 0.665. The zero-order valence-electron chi connectivity index (χ0n) is 12.7. The minimum Gasteiger partial charge on any atom is -0.352 e. The highest BCUT2D eigenvalue weighted by molar-refractivity contribution is 14.0. The van der Waals surface area contributed by atoms with Gasteiger partial charge in [0.15, 0.2) is 5.96 Å². The van der Waals surface area contributed by atoms with Gasteiger partial charge in [0.1, 0.15) is 4.21 Å². The van der Waals surface area contributed by atoms with Crippen LogP contribution in [0.2, 0.25) is 0 Å². The van der Waals surface area contributed by atoms with Crippen LogP contribution in [0.15, 0.2) is 32.8 Å². The van der Waals surface area contributed by atoms with Gasteiger partial charge in [-0.15, -0.1) is 46.7 Å². The third-order valence-electron chi connectivity index (χ3n) is 2.96. The predicted octanol–water partition coefficient (Wildman–Crippen LogP) is 2.25. The van der Waals surface area contributed by atoms with E-state index in [0.29, 0.717) is 19.0 Å². The summed E-state index contributed by atoms with van der Waals surface area (Å²) in [6.45, 7) is 3.27. The Balaban J connectivity index is 0.00000264. The standard InChI is InChI=1S/C13H18N4O2S3.HI/c1-9-5-6-20-11(9)8-17-13(15-2)16-7-10-3-4-12(21-10)22(14,18)19;/h3-6H,7-8H2,1-2H3,(H2,14,18,19)(H2,15,16,17);1H. The number of primary sulfonamides is 1. The molecule has 0 fully saturated rings. The third kappa shape index (κ3) is 6.03. The van der Waals surface area contributed by atoms with E-state index < -0.39 is 10.0 Å². The number of nitrogens with one attached hydrogen (secondary N) is 2. The lowest BCUT2D eigenvalue weighted by molar-refractivity contribution is 0.600. The van der Waals surface area contributed by atoms with Crippen LogP contribution in [0.3, 0.4) is 0 Å². The molecule has 0 aliphatic heterocycles. The number of nitrogens with zero attached hydrogens (tertiary/aromatic N) is 1. The molecule has 4 N–H and O–H groups in total. The van der Waals surface area contributed by atoms with Crippen molar-refractivity contribution in [3.05, 3.63) is 38.9 Å². The molecule has 0 radical (unpaired) electrons. The molecule has 0 aromatic carbocycles. The number of hydrogen-bond acceptors (Lipinski definition) is 5. The van der Waals surface area contributed by atoms with Gasteiger partial charge in [-0.2, -0.15) is 0 Å². The van der Waals surface area contributed by atoms with Gasteiger partial charge in [-0.25, -0.2) is 13.6 Å². The molecule has 0 saturated heterocycles. The Morgan fingerprint density at radius 2 is 1.96 bits per heavy atom. The molecule has 128 valence electrons. The quantitative estimate of drug-likeness (QED) is 0.343. The molecule has 2 aromatic rings. The number of aryl methyl sites for hydroxylation is 1. The lowest BCUT2D eigenvalue weighted by Gasteiger charge is -2.10. The Hall–Kier alpha value is -0.690. The lowest BCUT2D eigenvalue weighted by atomic mass is 10.3. The largest absolute Gasteiger partial charge is 0.352 e. The second-order valence-electron chi connectivity index (χ2n) is 4.57. The maximum absolute atomic E-state index is 11.2. The molecular formula is C13H19IN4O2S3. The Morgan fingerprint density at radius 3 is 2.48 bits per heavy atom. The molecule has 23 heavy (non-hydrogen) atoms. The molecular weight excluding hydrogens is 467 g/mol. The number of hydrogen-bond donors (Lipinski definition) is 3. The summed E-state index contributed by atoms with van der Waals surface area (Å²) in [5, 5.41) is 13.5. The van der Waals surface area contributed by atoms with Crippen molar-refractivity contribution in [2.45, 2.75) is 24.2 Å². The van der Waals surface area contributed by atoms with Gasteiger partial charge in [-0.3, -0.25) is 4.99 Å². The number of nitrogens with two attached hydrogens (primary N) is 1. The monoisotopic (exact) mass is 486 g/mol. The number of sulfonamides is 1. The van der Waals surface area contributed by atoms with Crippen LogP contribution in [-0.4, -0.2) is 21.4 Å². The zero-order chi connectivity index (χ0) is 16.2. The van der Waals surface area contributed by atoms with Crippen LogP contribution in [0, 0.1) is 6.92 Å². The molecule has 10 heteroatoms. The first-order valence-electron chi connectivity index (χ1n) is 6.49. The summed E-state index contributed by atoms with van der Waals surface area (Å²) >= 11 is 2.85. The van der Waals surface area contributed by atoms with E-state index in [-0.39, 0.29) is 28.2 Å². The smallest absolute Gasteiger partial charge is 0.247 e. The molecule has 0 aliphatic carbocycles. The molecule has 0 aliphatic rings. The number of rotatable bonds is 5. The van der Waals surface area contributed by atoms with E-state index in [1.807, 2.05) is 0 Å². The highest BCUT2D eigenvalue weighted by Gasteiger charge is 2.11. The topological polar surface area (TPSA) is 96.6 Å². The average Bonchev–Trinajstić information content (AvgIpc) is 3.08. The SMILES string of the molecule is CN=C(NCc1ccc(S(N)(=O)=O)s1)NCc1sccc1C.I. The molecule has 0 unspecified atom stereocenters. The van der Waals surface area contributed by atoms with Gasteiger partial charge in [0.05, 0.1) is 13.1 Å². The van der Waals surface area contributed by atoms with E-state index in [0.717, 1.165) is 16.2 Å². The Bertz CT molecular complexity index is 768. The first kappa shape index (κ1) is 20.4. The molecule has 0 spiro atoms. The minimum atomic E-state index is -3.62. The third-order valence-corrected chi connectivity index (χ3v) is 6.50. The normalized spacial score (nSPS) is 11.9. The average molecular weight is 486 g/mol. The summed E-state index contributed by atoms with van der Waals surface area (Å²) in [6, 6.07) is 5.34. The summed E-state index contributed by atoms with van der Waals surface area (Å²) in [5.41, 5.74) is 1.25. The van der Waals surface area contributed by atoms with Crippen molar-refractivity contribution >= 4 is 62.6 Å².